The number of halogens is 4. The summed E-state index contributed by atoms with van der Waals surface area (Å²) < 4.78 is 17.5. The second kappa shape index (κ2) is 9.18. The van der Waals surface area contributed by atoms with Gasteiger partial charge in [-0.1, -0.05) is 63.4 Å². The third-order valence-corrected chi connectivity index (χ3v) is 5.56. The minimum Gasteiger partial charge on any atom is -0.492 e. The van der Waals surface area contributed by atoms with Gasteiger partial charge in [-0.3, -0.25) is 0 Å². The van der Waals surface area contributed by atoms with E-state index in [9.17, 15) is 0 Å². The van der Waals surface area contributed by atoms with Crippen molar-refractivity contribution in [3.05, 3.63) is 74.1 Å². The van der Waals surface area contributed by atoms with E-state index in [2.05, 4.69) is 31.9 Å². The summed E-state index contributed by atoms with van der Waals surface area (Å²) in [5, 5.41) is 1.91. The predicted octanol–water partition coefficient (Wildman–Crippen LogP) is 7.22. The number of hydrogen-bond donors (Lipinski definition) is 0. The molecule has 2 aromatic rings. The van der Waals surface area contributed by atoms with Crippen molar-refractivity contribution in [2.24, 2.45) is 0 Å². The second-order valence-corrected chi connectivity index (χ2v) is 7.73. The smallest absolute Gasteiger partial charge is 0.269 e. The van der Waals surface area contributed by atoms with E-state index in [-0.39, 0.29) is 0 Å². The molecule has 0 saturated carbocycles. The summed E-state index contributed by atoms with van der Waals surface area (Å²) in [7, 11) is 0. The number of hydrogen-bond acceptors (Lipinski definition) is 3. The van der Waals surface area contributed by atoms with Gasteiger partial charge < -0.3 is 14.2 Å². The minimum atomic E-state index is -0.560. The fourth-order valence-corrected chi connectivity index (χ4v) is 3.35. The lowest BCUT2D eigenvalue weighted by Crippen LogP contribution is -2.06. The van der Waals surface area contributed by atoms with E-state index in [1.165, 1.54) is 12.5 Å². The van der Waals surface area contributed by atoms with Gasteiger partial charge in [-0.15, -0.1) is 0 Å². The molecule has 1 heterocycles. The first-order chi connectivity index (χ1) is 12.6. The van der Waals surface area contributed by atoms with Crippen LogP contribution in [0.4, 0.5) is 0 Å². The van der Waals surface area contributed by atoms with Gasteiger partial charge in [0, 0.05) is 14.8 Å². The van der Waals surface area contributed by atoms with Crippen molar-refractivity contribution in [1.82, 2.24) is 0 Å². The van der Waals surface area contributed by atoms with Crippen LogP contribution in [0.5, 0.6) is 5.75 Å². The molecule has 0 spiro atoms. The Kier molecular flexibility index (Phi) is 6.92. The molecule has 3 rings (SSSR count). The van der Waals surface area contributed by atoms with Crippen molar-refractivity contribution in [3.8, 4) is 5.75 Å². The molecular formula is C19H14Br2Cl2O3. The lowest BCUT2D eigenvalue weighted by molar-refractivity contribution is -0.0263. The predicted molar refractivity (Wildman–Crippen MR) is 113 cm³/mol. The maximum absolute atomic E-state index is 6.46. The molecule has 0 atom stereocenters. The van der Waals surface area contributed by atoms with Crippen molar-refractivity contribution in [2.45, 2.75) is 6.29 Å². The Morgan fingerprint density at radius 1 is 1.08 bits per heavy atom. The van der Waals surface area contributed by atoms with Gasteiger partial charge in [0.1, 0.15) is 18.3 Å². The van der Waals surface area contributed by atoms with Crippen LogP contribution in [0.3, 0.4) is 0 Å². The molecule has 0 N–H and O–H groups in total. The highest BCUT2D eigenvalue weighted by Crippen LogP contribution is 2.37. The van der Waals surface area contributed by atoms with Crippen LogP contribution in [0.2, 0.25) is 10.0 Å². The van der Waals surface area contributed by atoms with Crippen LogP contribution in [-0.4, -0.2) is 11.9 Å². The lowest BCUT2D eigenvalue weighted by Gasteiger charge is -2.17. The van der Waals surface area contributed by atoms with Gasteiger partial charge in [0.25, 0.3) is 6.29 Å². The van der Waals surface area contributed by atoms with Crippen LogP contribution in [0.25, 0.3) is 12.2 Å². The average Bonchev–Trinajstić information content (AvgIpc) is 3.17. The van der Waals surface area contributed by atoms with Gasteiger partial charge in [0.2, 0.25) is 0 Å². The highest BCUT2D eigenvalue weighted by Gasteiger charge is 2.22. The summed E-state index contributed by atoms with van der Waals surface area (Å²) in [6.07, 6.45) is 6.24. The van der Waals surface area contributed by atoms with Crippen LogP contribution < -0.4 is 4.74 Å². The molecule has 0 fully saturated rings. The molecule has 0 radical (unpaired) electrons. The third-order valence-electron chi connectivity index (χ3n) is 3.60. The van der Waals surface area contributed by atoms with Crippen molar-refractivity contribution in [3.63, 3.8) is 0 Å². The summed E-state index contributed by atoms with van der Waals surface area (Å²) >= 11 is 19.6. The van der Waals surface area contributed by atoms with E-state index in [1.54, 1.807) is 6.07 Å². The Hall–Kier alpha value is -1.14. The highest BCUT2D eigenvalue weighted by atomic mass is 79.9. The second-order valence-electron chi connectivity index (χ2n) is 5.30. The fourth-order valence-electron chi connectivity index (χ4n) is 2.38. The van der Waals surface area contributed by atoms with Gasteiger partial charge in [-0.05, 0) is 45.3 Å². The van der Waals surface area contributed by atoms with E-state index in [1.807, 2.05) is 36.4 Å². The molecule has 0 bridgehead atoms. The first kappa shape index (κ1) is 19.6. The zero-order chi connectivity index (χ0) is 18.5. The summed E-state index contributed by atoms with van der Waals surface area (Å²) in [4.78, 5) is 0. The maximum atomic E-state index is 6.46. The van der Waals surface area contributed by atoms with E-state index in [0.717, 1.165) is 21.2 Å². The van der Waals surface area contributed by atoms with E-state index in [0.29, 0.717) is 27.7 Å². The van der Waals surface area contributed by atoms with Crippen LogP contribution in [0.15, 0.2) is 47.3 Å². The van der Waals surface area contributed by atoms with Gasteiger partial charge in [0.05, 0.1) is 17.2 Å². The number of ether oxygens (including phenoxy) is 3. The number of benzene rings is 2. The van der Waals surface area contributed by atoms with E-state index < -0.39 is 6.29 Å². The Bertz CT molecular complexity index is 845. The van der Waals surface area contributed by atoms with Crippen LogP contribution >= 0.6 is 55.1 Å². The minimum absolute atomic E-state index is 0.509. The quantitative estimate of drug-likeness (QED) is 0.297. The largest absolute Gasteiger partial charge is 0.492 e. The zero-order valence-electron chi connectivity index (χ0n) is 13.4. The molecule has 26 heavy (non-hydrogen) atoms. The summed E-state index contributed by atoms with van der Waals surface area (Å²) in [6, 6.07) is 9.41. The lowest BCUT2D eigenvalue weighted by atomic mass is 10.1. The third kappa shape index (κ3) is 4.58. The summed E-state index contributed by atoms with van der Waals surface area (Å²) in [6.45, 7) is 0.509. The fraction of sp³-hybridized carbons (Fsp3) is 0.158. The van der Waals surface area contributed by atoms with Gasteiger partial charge in [-0.25, -0.2) is 0 Å². The Balaban J connectivity index is 1.93. The molecule has 7 heteroatoms. The zero-order valence-corrected chi connectivity index (χ0v) is 18.1. The van der Waals surface area contributed by atoms with Gasteiger partial charge in [-0.2, -0.15) is 0 Å². The Morgan fingerprint density at radius 2 is 1.81 bits per heavy atom. The summed E-state index contributed by atoms with van der Waals surface area (Å²) in [5.74, 6) is 0.655. The first-order valence-electron chi connectivity index (χ1n) is 7.70. The average molecular weight is 521 g/mol. The van der Waals surface area contributed by atoms with E-state index in [4.69, 9.17) is 37.4 Å². The maximum Gasteiger partial charge on any atom is 0.269 e. The molecule has 2 aromatic carbocycles. The molecule has 0 unspecified atom stereocenters. The van der Waals surface area contributed by atoms with Crippen LogP contribution in [0, 0.1) is 0 Å². The Morgan fingerprint density at radius 3 is 2.54 bits per heavy atom. The number of alkyl halides is 1. The van der Waals surface area contributed by atoms with E-state index >= 15 is 0 Å². The number of rotatable bonds is 6. The van der Waals surface area contributed by atoms with Crippen molar-refractivity contribution >= 4 is 67.2 Å². The normalized spacial score (nSPS) is 13.8. The monoisotopic (exact) mass is 518 g/mol. The molecule has 0 aromatic heterocycles. The highest BCUT2D eigenvalue weighted by molar-refractivity contribution is 9.10. The molecule has 0 aliphatic carbocycles. The standard InChI is InChI=1S/C19H14Br2Cl2O3/c20-6-7-24-17-10-13(5-4-12-2-1-3-15(21)18(12)23)16(22)11-14(17)19-25-8-9-26-19/h1-5,8-11,19H,6-7H2/b5-4+. The molecular weight excluding hydrogens is 507 g/mol. The molecule has 1 aliphatic rings. The first-order valence-corrected chi connectivity index (χ1v) is 10.4. The van der Waals surface area contributed by atoms with Gasteiger partial charge in [0.15, 0.2) is 0 Å². The van der Waals surface area contributed by atoms with Crippen LogP contribution in [-0.2, 0) is 9.47 Å². The topological polar surface area (TPSA) is 27.7 Å². The molecule has 0 saturated heterocycles. The molecule has 1 aliphatic heterocycles. The Labute approximate surface area is 178 Å². The summed E-state index contributed by atoms with van der Waals surface area (Å²) in [5.41, 5.74) is 2.43. The van der Waals surface area contributed by atoms with Gasteiger partial charge >= 0.3 is 0 Å². The molecule has 136 valence electrons. The molecule has 3 nitrogen and oxygen atoms in total. The van der Waals surface area contributed by atoms with Crippen molar-refractivity contribution in [2.75, 3.05) is 11.9 Å². The SMILES string of the molecule is Clc1cc(C2OC=CO2)c(OCCBr)cc1/C=C/c1cccc(Br)c1Cl. The van der Waals surface area contributed by atoms with Crippen molar-refractivity contribution in [1.29, 1.82) is 0 Å². The molecule has 0 amide bonds. The van der Waals surface area contributed by atoms with Crippen LogP contribution in [0.1, 0.15) is 23.0 Å². The van der Waals surface area contributed by atoms with Crippen molar-refractivity contribution < 1.29 is 14.2 Å².